The van der Waals surface area contributed by atoms with E-state index in [1.807, 2.05) is 69.3 Å². The van der Waals surface area contributed by atoms with Gasteiger partial charge in [0.25, 0.3) is 0 Å². The number of halogens is 1. The Kier molecular flexibility index (Phi) is 9.89. The summed E-state index contributed by atoms with van der Waals surface area (Å²) in [6.07, 6.45) is 1.77. The van der Waals surface area contributed by atoms with Gasteiger partial charge in [-0.15, -0.1) is 0 Å². The maximum absolute atomic E-state index is 13.2. The maximum atomic E-state index is 13.2. The van der Waals surface area contributed by atoms with Crippen molar-refractivity contribution in [1.29, 1.82) is 0 Å². The minimum atomic E-state index is -3.90. The number of aryl methyl sites for hydroxylation is 3. The van der Waals surface area contributed by atoms with E-state index in [9.17, 15) is 18.0 Å². The van der Waals surface area contributed by atoms with E-state index in [0.29, 0.717) is 31.4 Å². The molecule has 0 radical (unpaired) electrons. The molecule has 0 fully saturated rings. The predicted molar refractivity (Wildman–Crippen MR) is 163 cm³/mol. The highest BCUT2D eigenvalue weighted by Crippen LogP contribution is 2.36. The summed E-state index contributed by atoms with van der Waals surface area (Å²) in [6, 6.07) is 19.0. The quantitative estimate of drug-likeness (QED) is 0.279. The second-order valence-electron chi connectivity index (χ2n) is 10.4. The van der Waals surface area contributed by atoms with Crippen molar-refractivity contribution in [1.82, 2.24) is 10.0 Å². The summed E-state index contributed by atoms with van der Waals surface area (Å²) in [4.78, 5) is 25.4. The molecular formula is C32H35ClN2O5S. The zero-order valence-electron chi connectivity index (χ0n) is 23.6. The van der Waals surface area contributed by atoms with E-state index in [0.717, 1.165) is 49.7 Å². The largest absolute Gasteiger partial charge is 0.494 e. The van der Waals surface area contributed by atoms with Crippen molar-refractivity contribution in [2.45, 2.75) is 46.5 Å². The van der Waals surface area contributed by atoms with E-state index in [2.05, 4.69) is 10.0 Å². The lowest BCUT2D eigenvalue weighted by Gasteiger charge is -2.12. The van der Waals surface area contributed by atoms with Crippen LogP contribution in [0.3, 0.4) is 0 Å². The number of nitrogens with one attached hydrogen (secondary N) is 2. The minimum absolute atomic E-state index is 0.0404. The number of amides is 2. The van der Waals surface area contributed by atoms with Crippen LogP contribution in [0.4, 0.5) is 0 Å². The summed E-state index contributed by atoms with van der Waals surface area (Å²) in [5.74, 6) is -0.554. The van der Waals surface area contributed by atoms with E-state index in [4.69, 9.17) is 16.3 Å². The molecule has 2 amide bonds. The maximum Gasteiger partial charge on any atom is 0.247 e. The number of fused-ring (bicyclic) bond motifs is 1. The Morgan fingerprint density at radius 3 is 2.37 bits per heavy atom. The van der Waals surface area contributed by atoms with Crippen molar-refractivity contribution in [3.05, 3.63) is 105 Å². The van der Waals surface area contributed by atoms with Crippen LogP contribution < -0.4 is 14.8 Å². The number of carbonyl (C=O) groups is 2. The third kappa shape index (κ3) is 8.21. The number of benzene rings is 3. The van der Waals surface area contributed by atoms with E-state index in [-0.39, 0.29) is 18.9 Å². The lowest BCUT2D eigenvalue weighted by molar-refractivity contribution is -0.119. The lowest BCUT2D eigenvalue weighted by Crippen LogP contribution is -2.38. The van der Waals surface area contributed by atoms with Gasteiger partial charge in [0, 0.05) is 23.6 Å². The molecule has 0 heterocycles. The highest BCUT2D eigenvalue weighted by atomic mass is 35.5. The van der Waals surface area contributed by atoms with Crippen LogP contribution in [0.2, 0.25) is 5.02 Å². The minimum Gasteiger partial charge on any atom is -0.494 e. The number of carbonyl (C=O) groups excluding carboxylic acids is 2. The number of ether oxygens (including phenoxy) is 1. The van der Waals surface area contributed by atoms with Crippen molar-refractivity contribution < 1.29 is 22.7 Å². The first-order valence-corrected chi connectivity index (χ1v) is 15.6. The Labute approximate surface area is 247 Å². The van der Waals surface area contributed by atoms with Crippen LogP contribution in [0.5, 0.6) is 5.75 Å². The monoisotopic (exact) mass is 594 g/mol. The first kappa shape index (κ1) is 30.3. The number of allylic oxidation sites excluding steroid dienone is 1. The van der Waals surface area contributed by atoms with Crippen molar-refractivity contribution >= 4 is 39.0 Å². The van der Waals surface area contributed by atoms with Gasteiger partial charge in [0.05, 0.1) is 18.8 Å². The number of hydrogen-bond acceptors (Lipinski definition) is 5. The third-order valence-corrected chi connectivity index (χ3v) is 8.89. The van der Waals surface area contributed by atoms with Crippen LogP contribution in [0, 0.1) is 20.8 Å². The Morgan fingerprint density at radius 2 is 1.66 bits per heavy atom. The lowest BCUT2D eigenvalue weighted by atomic mass is 10.0. The molecule has 0 bridgehead atoms. The van der Waals surface area contributed by atoms with Crippen molar-refractivity contribution in [3.63, 3.8) is 0 Å². The van der Waals surface area contributed by atoms with Gasteiger partial charge in [-0.05, 0) is 79.1 Å². The van der Waals surface area contributed by atoms with E-state index >= 15 is 0 Å². The average molecular weight is 595 g/mol. The summed E-state index contributed by atoms with van der Waals surface area (Å²) in [5, 5.41) is 3.47. The molecule has 0 aromatic heterocycles. The van der Waals surface area contributed by atoms with Crippen LogP contribution in [-0.4, -0.2) is 39.1 Å². The number of sulfonamides is 1. The van der Waals surface area contributed by atoms with Crippen LogP contribution in [0.15, 0.2) is 66.2 Å². The summed E-state index contributed by atoms with van der Waals surface area (Å²) < 4.78 is 33.0. The van der Waals surface area contributed by atoms with Crippen LogP contribution in [0.25, 0.3) is 5.57 Å². The van der Waals surface area contributed by atoms with Crippen molar-refractivity contribution in [3.8, 4) is 5.75 Å². The second-order valence-corrected chi connectivity index (χ2v) is 12.6. The van der Waals surface area contributed by atoms with Gasteiger partial charge in [0.2, 0.25) is 21.8 Å². The average Bonchev–Trinajstić information content (AvgIpc) is 3.29. The fourth-order valence-corrected chi connectivity index (χ4v) is 5.92. The molecule has 0 spiro atoms. The third-order valence-electron chi connectivity index (χ3n) is 7.01. The van der Waals surface area contributed by atoms with Crippen molar-refractivity contribution in [2.24, 2.45) is 0 Å². The summed E-state index contributed by atoms with van der Waals surface area (Å²) in [7, 11) is -3.90. The molecule has 216 valence electrons. The fourth-order valence-electron chi connectivity index (χ4n) is 4.92. The molecule has 0 unspecified atom stereocenters. The highest BCUT2D eigenvalue weighted by Gasteiger charge is 2.26. The normalized spacial score (nSPS) is 12.7. The highest BCUT2D eigenvalue weighted by molar-refractivity contribution is 7.90. The van der Waals surface area contributed by atoms with Gasteiger partial charge >= 0.3 is 0 Å². The van der Waals surface area contributed by atoms with Crippen LogP contribution in [-0.2, 0) is 32.5 Å². The van der Waals surface area contributed by atoms with Crippen LogP contribution in [0.1, 0.15) is 46.2 Å². The molecule has 3 aromatic rings. The van der Waals surface area contributed by atoms with Gasteiger partial charge in [0.15, 0.2) is 0 Å². The molecule has 0 atom stereocenters. The SMILES string of the molecule is Cc1ccc(CC(=O)NS(=O)(=O)CCNC(=O)C2=C(CCCOc3cc(C)c(Cl)c(C)c3)c3ccccc3C2)cc1. The second kappa shape index (κ2) is 13.4. The molecule has 1 aliphatic carbocycles. The standard InChI is InChI=1S/C32H35ClN2O5S/c1-21-10-12-24(13-11-21)19-30(36)35-41(38,39)16-14-34-32(37)29-20-25-7-4-5-8-27(25)28(29)9-6-15-40-26-17-22(2)31(33)23(3)18-26/h4-5,7-8,10-13,17-18H,6,9,14-16,19-20H2,1-3H3,(H,34,37)(H,35,36). The molecule has 2 N–H and O–H groups in total. The zero-order valence-corrected chi connectivity index (χ0v) is 25.1. The Hall–Kier alpha value is -3.62. The Bertz CT molecular complexity index is 1560. The van der Waals surface area contributed by atoms with Crippen molar-refractivity contribution in [2.75, 3.05) is 18.9 Å². The summed E-state index contributed by atoms with van der Waals surface area (Å²) in [6.45, 7) is 6.18. The molecule has 41 heavy (non-hydrogen) atoms. The van der Waals surface area contributed by atoms with Gasteiger partial charge < -0.3 is 10.1 Å². The van der Waals surface area contributed by atoms with E-state index in [1.54, 1.807) is 12.1 Å². The van der Waals surface area contributed by atoms with E-state index < -0.39 is 21.7 Å². The molecule has 3 aromatic carbocycles. The first-order valence-electron chi connectivity index (χ1n) is 13.6. The molecule has 0 saturated heterocycles. The van der Waals surface area contributed by atoms with Gasteiger partial charge in [-0.3, -0.25) is 14.3 Å². The Balaban J connectivity index is 1.32. The van der Waals surface area contributed by atoms with E-state index in [1.165, 1.54) is 0 Å². The van der Waals surface area contributed by atoms with Crippen LogP contribution >= 0.6 is 11.6 Å². The number of hydrogen-bond donors (Lipinski definition) is 2. The number of rotatable bonds is 12. The molecule has 9 heteroatoms. The summed E-state index contributed by atoms with van der Waals surface area (Å²) in [5.41, 5.74) is 7.37. The molecule has 1 aliphatic rings. The molecule has 0 aliphatic heterocycles. The first-order chi connectivity index (χ1) is 19.5. The molecule has 4 rings (SSSR count). The zero-order chi connectivity index (χ0) is 29.6. The summed E-state index contributed by atoms with van der Waals surface area (Å²) >= 11 is 6.26. The van der Waals surface area contributed by atoms with Gasteiger partial charge in [-0.1, -0.05) is 65.7 Å². The van der Waals surface area contributed by atoms with Gasteiger partial charge in [-0.25, -0.2) is 8.42 Å². The Morgan fingerprint density at radius 1 is 0.976 bits per heavy atom. The molecular weight excluding hydrogens is 560 g/mol. The van der Waals surface area contributed by atoms with Gasteiger partial charge in [0.1, 0.15) is 5.75 Å². The molecule has 7 nitrogen and oxygen atoms in total. The fraction of sp³-hybridized carbons (Fsp3) is 0.312. The molecule has 0 saturated carbocycles. The van der Waals surface area contributed by atoms with Gasteiger partial charge in [-0.2, -0.15) is 0 Å². The smallest absolute Gasteiger partial charge is 0.247 e. The topological polar surface area (TPSA) is 102 Å². The predicted octanol–water partition coefficient (Wildman–Crippen LogP) is 5.24.